The third-order valence-corrected chi connectivity index (χ3v) is 9.68. The van der Waals surface area contributed by atoms with Crippen LogP contribution in [-0.4, -0.2) is 45.1 Å². The molecule has 0 amide bonds. The van der Waals surface area contributed by atoms with Crippen molar-refractivity contribution in [1.29, 1.82) is 0 Å². The normalized spacial score (nSPS) is 11.9. The van der Waals surface area contributed by atoms with E-state index in [4.69, 9.17) is 19.3 Å². The number of ether oxygens (including phenoxy) is 3. The maximum atomic E-state index is 14.2. The molecule has 2 aromatic heterocycles. The SMILES string of the molecule is CCCCC(CC)COC(=O)CCS(=O)(=O)c1ccc(OCc2ccccc2)c(F)n1.NS(=O)(=O)c1ccc(OCc2ccccc2)c(F)n1. The van der Waals surface area contributed by atoms with E-state index >= 15 is 0 Å². The van der Waals surface area contributed by atoms with E-state index in [9.17, 15) is 30.4 Å². The molecule has 4 aromatic rings. The van der Waals surface area contributed by atoms with Gasteiger partial charge in [0.1, 0.15) is 13.2 Å². The number of sulfonamides is 1. The minimum Gasteiger partial charge on any atom is -0.484 e. The minimum absolute atomic E-state index is 0.128. The van der Waals surface area contributed by atoms with Crippen molar-refractivity contribution in [3.8, 4) is 11.5 Å². The summed E-state index contributed by atoms with van der Waals surface area (Å²) in [5, 5.41) is 3.88. The number of nitrogens with two attached hydrogens (primary N) is 1. The van der Waals surface area contributed by atoms with Crippen LogP contribution in [0.2, 0.25) is 0 Å². The molecule has 0 radical (unpaired) electrons. The highest BCUT2D eigenvalue weighted by atomic mass is 32.2. The molecule has 0 spiro atoms. The molecule has 0 saturated carbocycles. The van der Waals surface area contributed by atoms with Crippen LogP contribution in [0.15, 0.2) is 95.0 Å². The van der Waals surface area contributed by atoms with Crippen molar-refractivity contribution in [3.05, 3.63) is 108 Å². The first-order valence-electron chi connectivity index (χ1n) is 15.9. The molecule has 11 nitrogen and oxygen atoms in total. The number of esters is 1. The number of hydrogen-bond acceptors (Lipinski definition) is 10. The molecular weight excluding hydrogens is 693 g/mol. The second-order valence-corrected chi connectivity index (χ2v) is 14.7. The summed E-state index contributed by atoms with van der Waals surface area (Å²) in [5.41, 5.74) is 1.70. The number of primary sulfonamides is 1. The highest BCUT2D eigenvalue weighted by molar-refractivity contribution is 7.91. The van der Waals surface area contributed by atoms with Gasteiger partial charge in [-0.25, -0.2) is 31.9 Å². The lowest BCUT2D eigenvalue weighted by Crippen LogP contribution is -2.18. The van der Waals surface area contributed by atoms with Crippen LogP contribution in [0, 0.1) is 17.8 Å². The number of carbonyl (C=O) groups excluding carboxylic acids is 1. The van der Waals surface area contributed by atoms with Gasteiger partial charge < -0.3 is 14.2 Å². The molecule has 0 saturated heterocycles. The largest absolute Gasteiger partial charge is 0.484 e. The molecule has 15 heteroatoms. The van der Waals surface area contributed by atoms with Gasteiger partial charge in [0, 0.05) is 0 Å². The predicted octanol–water partition coefficient (Wildman–Crippen LogP) is 6.17. The molecule has 270 valence electrons. The first-order chi connectivity index (χ1) is 23.8. The molecule has 1 unspecified atom stereocenters. The number of nitrogens with zero attached hydrogens (tertiary/aromatic N) is 2. The summed E-state index contributed by atoms with van der Waals surface area (Å²) in [4.78, 5) is 18.7. The van der Waals surface area contributed by atoms with E-state index in [0.29, 0.717) is 0 Å². The summed E-state index contributed by atoms with van der Waals surface area (Å²) in [6, 6.07) is 23.0. The van der Waals surface area contributed by atoms with Crippen molar-refractivity contribution in [2.45, 2.75) is 69.2 Å². The molecule has 50 heavy (non-hydrogen) atoms. The quantitative estimate of drug-likeness (QED) is 0.0980. The average Bonchev–Trinajstić information content (AvgIpc) is 3.10. The Kier molecular flexibility index (Phi) is 15.7. The second-order valence-electron chi connectivity index (χ2n) is 11.1. The van der Waals surface area contributed by atoms with Gasteiger partial charge in [-0.15, -0.1) is 0 Å². The van der Waals surface area contributed by atoms with Gasteiger partial charge in [-0.3, -0.25) is 4.79 Å². The van der Waals surface area contributed by atoms with Gasteiger partial charge in [0.2, 0.25) is 0 Å². The zero-order chi connectivity index (χ0) is 36.6. The van der Waals surface area contributed by atoms with Crippen LogP contribution in [-0.2, 0) is 42.6 Å². The summed E-state index contributed by atoms with van der Waals surface area (Å²) >= 11 is 0. The van der Waals surface area contributed by atoms with Crippen molar-refractivity contribution >= 4 is 25.8 Å². The number of halogens is 2. The van der Waals surface area contributed by atoms with Crippen molar-refractivity contribution in [3.63, 3.8) is 0 Å². The Morgan fingerprint density at radius 3 is 1.72 bits per heavy atom. The molecule has 2 N–H and O–H groups in total. The van der Waals surface area contributed by atoms with Crippen LogP contribution < -0.4 is 14.6 Å². The van der Waals surface area contributed by atoms with Gasteiger partial charge >= 0.3 is 5.97 Å². The second kappa shape index (κ2) is 19.6. The van der Waals surface area contributed by atoms with E-state index in [1.54, 1.807) is 0 Å². The fraction of sp³-hybridized carbons (Fsp3) is 0.343. The van der Waals surface area contributed by atoms with Crippen LogP contribution in [0.4, 0.5) is 8.78 Å². The third kappa shape index (κ3) is 13.4. The van der Waals surface area contributed by atoms with Gasteiger partial charge in [0.25, 0.3) is 21.9 Å². The van der Waals surface area contributed by atoms with Gasteiger partial charge in [0.15, 0.2) is 31.4 Å². The lowest BCUT2D eigenvalue weighted by molar-refractivity contribution is -0.144. The molecule has 2 aromatic carbocycles. The zero-order valence-corrected chi connectivity index (χ0v) is 29.5. The number of pyridine rings is 2. The maximum absolute atomic E-state index is 14.2. The lowest BCUT2D eigenvalue weighted by Gasteiger charge is -2.14. The smallest absolute Gasteiger partial charge is 0.306 e. The van der Waals surface area contributed by atoms with E-state index in [-0.39, 0.29) is 43.7 Å². The van der Waals surface area contributed by atoms with Crippen molar-refractivity contribution in [1.82, 2.24) is 9.97 Å². The summed E-state index contributed by atoms with van der Waals surface area (Å²) in [5.74, 6) is -3.09. The number of hydrogen-bond donors (Lipinski definition) is 1. The van der Waals surface area contributed by atoms with Gasteiger partial charge in [-0.1, -0.05) is 93.8 Å². The predicted molar refractivity (Wildman–Crippen MR) is 182 cm³/mol. The van der Waals surface area contributed by atoms with E-state index in [1.165, 1.54) is 18.2 Å². The third-order valence-electron chi connectivity index (χ3n) is 7.26. The van der Waals surface area contributed by atoms with Crippen LogP contribution in [0.25, 0.3) is 0 Å². The molecular formula is C35H41F2N3O8S2. The first kappa shape index (κ1) is 40.0. The summed E-state index contributed by atoms with van der Waals surface area (Å²) in [6.45, 7) is 4.72. The fourth-order valence-corrected chi connectivity index (χ4v) is 5.93. The Morgan fingerprint density at radius 2 is 1.26 bits per heavy atom. The Labute approximate surface area is 291 Å². The van der Waals surface area contributed by atoms with Crippen LogP contribution in [0.5, 0.6) is 11.5 Å². The zero-order valence-electron chi connectivity index (χ0n) is 27.8. The number of unbranched alkanes of at least 4 members (excludes halogenated alkanes) is 1. The number of rotatable bonds is 17. The average molecular weight is 734 g/mol. The number of sulfone groups is 1. The minimum atomic E-state index is -4.02. The monoisotopic (exact) mass is 733 g/mol. The highest BCUT2D eigenvalue weighted by Crippen LogP contribution is 2.21. The highest BCUT2D eigenvalue weighted by Gasteiger charge is 2.21. The molecule has 0 aliphatic rings. The van der Waals surface area contributed by atoms with Gasteiger partial charge in [-0.2, -0.15) is 8.78 Å². The Balaban J connectivity index is 0.000000303. The molecule has 0 bridgehead atoms. The van der Waals surface area contributed by atoms with Crippen LogP contribution >= 0.6 is 0 Å². The first-order valence-corrected chi connectivity index (χ1v) is 19.1. The topological polar surface area (TPSA) is 165 Å². The van der Waals surface area contributed by atoms with Crippen LogP contribution in [0.1, 0.15) is 57.1 Å². The van der Waals surface area contributed by atoms with Crippen molar-refractivity contribution in [2.75, 3.05) is 12.4 Å². The van der Waals surface area contributed by atoms with Crippen molar-refractivity contribution < 1.29 is 44.6 Å². The maximum Gasteiger partial charge on any atom is 0.306 e. The Morgan fingerprint density at radius 1 is 0.760 bits per heavy atom. The molecule has 4 rings (SSSR count). The molecule has 0 fully saturated rings. The number of carbonyl (C=O) groups is 1. The summed E-state index contributed by atoms with van der Waals surface area (Å²) in [6.07, 6.45) is 3.70. The van der Waals surface area contributed by atoms with Gasteiger partial charge in [-0.05, 0) is 47.7 Å². The molecule has 0 aliphatic heterocycles. The van der Waals surface area contributed by atoms with Crippen molar-refractivity contribution in [2.24, 2.45) is 11.1 Å². The summed E-state index contributed by atoms with van der Waals surface area (Å²) in [7, 11) is -7.94. The Bertz CT molecular complexity index is 1880. The van der Waals surface area contributed by atoms with E-state index in [0.717, 1.165) is 42.9 Å². The molecule has 2 heterocycles. The van der Waals surface area contributed by atoms with E-state index < -0.39 is 53.5 Å². The number of aromatic nitrogens is 2. The fourth-order valence-electron chi connectivity index (χ4n) is 4.33. The Hall–Kier alpha value is -4.47. The lowest BCUT2D eigenvalue weighted by atomic mass is 10.0. The summed E-state index contributed by atoms with van der Waals surface area (Å²) < 4.78 is 90.4. The molecule has 1 atom stereocenters. The standard InChI is InChI=1S/C23H30FNO5S.C12H11FN2O3S/c1-3-5-9-18(4-2)16-30-22(26)14-15-31(27,28)21-13-12-20(23(24)25-21)29-17-19-10-7-6-8-11-19;13-12-10(6-7-11(15-12)19(14,16)17)18-8-9-4-2-1-3-5-9/h6-8,10-13,18H,3-5,9,14-17H2,1-2H3;1-7H,8H2,(H2,14,16,17). The molecule has 0 aliphatic carbocycles. The van der Waals surface area contributed by atoms with Crippen LogP contribution in [0.3, 0.4) is 0 Å². The van der Waals surface area contributed by atoms with E-state index in [1.807, 2.05) is 67.6 Å². The number of benzene rings is 2. The van der Waals surface area contributed by atoms with Gasteiger partial charge in [0.05, 0.1) is 18.8 Å². The van der Waals surface area contributed by atoms with E-state index in [2.05, 4.69) is 16.9 Å².